The number of anilines is 1. The Morgan fingerprint density at radius 2 is 1.65 bits per heavy atom. The van der Waals surface area contributed by atoms with Crippen LogP contribution in [0.5, 0.6) is 23.0 Å². The van der Waals surface area contributed by atoms with Gasteiger partial charge in [0.15, 0.2) is 0 Å². The van der Waals surface area contributed by atoms with Crippen molar-refractivity contribution in [2.45, 2.75) is 6.54 Å². The first-order valence-corrected chi connectivity index (χ1v) is 9.42. The molecule has 0 atom stereocenters. The largest absolute Gasteiger partial charge is 0.508 e. The van der Waals surface area contributed by atoms with Crippen molar-refractivity contribution in [1.82, 2.24) is 14.9 Å². The number of rotatable bonds is 7. The van der Waals surface area contributed by atoms with Crippen LogP contribution in [0, 0.1) is 11.3 Å². The molecule has 0 fully saturated rings. The van der Waals surface area contributed by atoms with Crippen LogP contribution >= 0.6 is 0 Å². The zero-order chi connectivity index (χ0) is 21.6. The Morgan fingerprint density at radius 3 is 2.29 bits per heavy atom. The Balaban J connectivity index is 1.68. The van der Waals surface area contributed by atoms with Crippen molar-refractivity contribution in [2.24, 2.45) is 0 Å². The van der Waals surface area contributed by atoms with E-state index in [1.807, 2.05) is 23.2 Å². The first-order chi connectivity index (χ1) is 15.2. The molecular weight excluding hydrogens is 394 g/mol. The van der Waals surface area contributed by atoms with Gasteiger partial charge in [0, 0.05) is 6.07 Å². The molecule has 4 aromatic rings. The first-order valence-electron chi connectivity index (χ1n) is 9.42. The van der Waals surface area contributed by atoms with Crippen molar-refractivity contribution in [3.05, 3.63) is 90.5 Å². The van der Waals surface area contributed by atoms with Crippen LogP contribution in [0.1, 0.15) is 11.1 Å². The Kier molecular flexibility index (Phi) is 5.67. The minimum Gasteiger partial charge on any atom is -0.508 e. The summed E-state index contributed by atoms with van der Waals surface area (Å²) in [7, 11) is 1.60. The standard InChI is InChI=1S/C23H19N5O3/c1-30-21-8-10-22(11-9-21)31-23-12-19(5-4-18(23)13-24)28(27-15-25-26-16-27)14-17-2-6-20(29)7-3-17/h2-12,15-16,29H,14H2,1H3. The normalized spacial score (nSPS) is 10.3. The molecule has 0 spiro atoms. The molecule has 0 saturated heterocycles. The first kappa shape index (κ1) is 19.8. The summed E-state index contributed by atoms with van der Waals surface area (Å²) in [6.45, 7) is 0.478. The highest BCUT2D eigenvalue weighted by molar-refractivity contribution is 5.58. The number of ether oxygens (including phenoxy) is 2. The third kappa shape index (κ3) is 4.57. The van der Waals surface area contributed by atoms with E-state index in [4.69, 9.17) is 9.47 Å². The number of nitriles is 1. The number of aromatic hydroxyl groups is 1. The van der Waals surface area contributed by atoms with Crippen molar-refractivity contribution >= 4 is 5.69 Å². The summed E-state index contributed by atoms with van der Waals surface area (Å²) in [5, 5.41) is 28.8. The predicted octanol–water partition coefficient (Wildman–Crippen LogP) is 4.13. The second-order valence-electron chi connectivity index (χ2n) is 6.64. The molecule has 0 aliphatic heterocycles. The van der Waals surface area contributed by atoms with Crippen LogP contribution in [-0.2, 0) is 6.54 Å². The molecule has 1 heterocycles. The van der Waals surface area contributed by atoms with Gasteiger partial charge in [0.05, 0.1) is 24.9 Å². The summed E-state index contributed by atoms with van der Waals surface area (Å²) in [6.07, 6.45) is 3.17. The minimum absolute atomic E-state index is 0.202. The third-order valence-electron chi connectivity index (χ3n) is 4.62. The summed E-state index contributed by atoms with van der Waals surface area (Å²) in [4.78, 5) is 0. The van der Waals surface area contributed by atoms with Gasteiger partial charge in [-0.1, -0.05) is 12.1 Å². The number of aromatic nitrogens is 3. The fourth-order valence-electron chi connectivity index (χ4n) is 3.02. The molecule has 1 N–H and O–H groups in total. The van der Waals surface area contributed by atoms with Gasteiger partial charge in [-0.05, 0) is 54.1 Å². The van der Waals surface area contributed by atoms with Gasteiger partial charge in [0.2, 0.25) is 0 Å². The van der Waals surface area contributed by atoms with Gasteiger partial charge in [0.1, 0.15) is 41.7 Å². The fraction of sp³-hybridized carbons (Fsp3) is 0.0870. The maximum absolute atomic E-state index is 9.57. The molecule has 3 aromatic carbocycles. The lowest BCUT2D eigenvalue weighted by atomic mass is 10.1. The molecule has 0 bridgehead atoms. The summed E-state index contributed by atoms with van der Waals surface area (Å²) < 4.78 is 12.9. The third-order valence-corrected chi connectivity index (χ3v) is 4.62. The average molecular weight is 413 g/mol. The average Bonchev–Trinajstić information content (AvgIpc) is 3.34. The van der Waals surface area contributed by atoms with Gasteiger partial charge < -0.3 is 14.6 Å². The zero-order valence-electron chi connectivity index (χ0n) is 16.7. The number of hydrogen-bond donors (Lipinski definition) is 1. The number of phenolic OH excluding ortho intramolecular Hbond substituents is 1. The lowest BCUT2D eigenvalue weighted by Crippen LogP contribution is -2.27. The molecule has 0 radical (unpaired) electrons. The van der Waals surface area contributed by atoms with Gasteiger partial charge in [-0.15, -0.1) is 10.2 Å². The molecule has 1 aromatic heterocycles. The van der Waals surface area contributed by atoms with E-state index in [0.717, 1.165) is 11.3 Å². The van der Waals surface area contributed by atoms with Crippen LogP contribution in [0.3, 0.4) is 0 Å². The van der Waals surface area contributed by atoms with E-state index in [0.29, 0.717) is 29.4 Å². The molecule has 31 heavy (non-hydrogen) atoms. The van der Waals surface area contributed by atoms with Crippen LogP contribution in [0.15, 0.2) is 79.4 Å². The Bertz CT molecular complexity index is 1180. The van der Waals surface area contributed by atoms with Crippen molar-refractivity contribution in [1.29, 1.82) is 5.26 Å². The number of phenols is 1. The lowest BCUT2D eigenvalue weighted by molar-refractivity contribution is 0.413. The maximum Gasteiger partial charge on any atom is 0.147 e. The predicted molar refractivity (Wildman–Crippen MR) is 114 cm³/mol. The van der Waals surface area contributed by atoms with Crippen LogP contribution in [0.4, 0.5) is 5.69 Å². The molecule has 8 heteroatoms. The highest BCUT2D eigenvalue weighted by atomic mass is 16.5. The quantitative estimate of drug-likeness (QED) is 0.487. The Morgan fingerprint density at radius 1 is 0.968 bits per heavy atom. The van der Waals surface area contributed by atoms with E-state index in [1.54, 1.807) is 73.0 Å². The number of hydrogen-bond acceptors (Lipinski definition) is 7. The van der Waals surface area contributed by atoms with Crippen molar-refractivity contribution in [2.75, 3.05) is 12.1 Å². The molecule has 0 saturated carbocycles. The molecule has 4 rings (SSSR count). The van der Waals surface area contributed by atoms with Crippen LogP contribution in [0.2, 0.25) is 0 Å². The highest BCUT2D eigenvalue weighted by Gasteiger charge is 2.14. The monoisotopic (exact) mass is 413 g/mol. The van der Waals surface area contributed by atoms with Gasteiger partial charge in [0.25, 0.3) is 0 Å². The summed E-state index contributed by atoms with van der Waals surface area (Å²) >= 11 is 0. The number of nitrogens with zero attached hydrogens (tertiary/aromatic N) is 5. The van der Waals surface area contributed by atoms with Crippen LogP contribution in [-0.4, -0.2) is 27.1 Å². The van der Waals surface area contributed by atoms with E-state index in [2.05, 4.69) is 16.3 Å². The number of methoxy groups -OCH3 is 1. The Hall–Kier alpha value is -4.51. The molecule has 154 valence electrons. The van der Waals surface area contributed by atoms with Gasteiger partial charge in [-0.3, -0.25) is 5.01 Å². The van der Waals surface area contributed by atoms with Crippen molar-refractivity contribution in [3.8, 4) is 29.1 Å². The molecule has 0 aliphatic rings. The van der Waals surface area contributed by atoms with Crippen LogP contribution < -0.4 is 14.5 Å². The molecule has 0 unspecified atom stereocenters. The molecular formula is C23H19N5O3. The van der Waals surface area contributed by atoms with Gasteiger partial charge in [-0.2, -0.15) is 5.26 Å². The zero-order valence-corrected chi connectivity index (χ0v) is 16.7. The van der Waals surface area contributed by atoms with E-state index in [-0.39, 0.29) is 5.75 Å². The minimum atomic E-state index is 0.202. The second-order valence-corrected chi connectivity index (χ2v) is 6.64. The molecule has 0 aliphatic carbocycles. The number of benzene rings is 3. The van der Waals surface area contributed by atoms with Crippen molar-refractivity contribution < 1.29 is 14.6 Å². The van der Waals surface area contributed by atoms with Gasteiger partial charge in [-0.25, -0.2) is 4.68 Å². The second kappa shape index (κ2) is 8.88. The molecule has 8 nitrogen and oxygen atoms in total. The van der Waals surface area contributed by atoms with E-state index in [1.165, 1.54) is 0 Å². The summed E-state index contributed by atoms with van der Waals surface area (Å²) in [5.74, 6) is 1.93. The van der Waals surface area contributed by atoms with E-state index in [9.17, 15) is 10.4 Å². The topological polar surface area (TPSA) is 96.4 Å². The lowest BCUT2D eigenvalue weighted by Gasteiger charge is -2.25. The highest BCUT2D eigenvalue weighted by Crippen LogP contribution is 2.31. The van der Waals surface area contributed by atoms with Gasteiger partial charge >= 0.3 is 0 Å². The molecule has 0 amide bonds. The Labute approximate surface area is 179 Å². The van der Waals surface area contributed by atoms with E-state index < -0.39 is 0 Å². The summed E-state index contributed by atoms with van der Waals surface area (Å²) in [5.41, 5.74) is 2.15. The summed E-state index contributed by atoms with van der Waals surface area (Å²) in [6, 6.07) is 21.6. The van der Waals surface area contributed by atoms with E-state index >= 15 is 0 Å². The van der Waals surface area contributed by atoms with Crippen LogP contribution in [0.25, 0.3) is 0 Å². The maximum atomic E-state index is 9.57. The SMILES string of the molecule is COc1ccc(Oc2cc(N(Cc3ccc(O)cc3)n3cnnc3)ccc2C#N)cc1. The smallest absolute Gasteiger partial charge is 0.147 e. The fourth-order valence-corrected chi connectivity index (χ4v) is 3.02. The van der Waals surface area contributed by atoms with Crippen molar-refractivity contribution in [3.63, 3.8) is 0 Å².